The van der Waals surface area contributed by atoms with Crippen molar-refractivity contribution in [2.75, 3.05) is 26.2 Å². The Bertz CT molecular complexity index is 999. The second-order valence-electron chi connectivity index (χ2n) is 8.44. The zero-order valence-corrected chi connectivity index (χ0v) is 18.2. The first-order chi connectivity index (χ1) is 14.2. The monoisotopic (exact) mass is 409 g/mol. The van der Waals surface area contributed by atoms with Gasteiger partial charge in [0.15, 0.2) is 0 Å². The summed E-state index contributed by atoms with van der Waals surface area (Å²) in [4.78, 5) is 28.2. The van der Waals surface area contributed by atoms with Gasteiger partial charge in [-0.05, 0) is 36.6 Å². The molecular formula is C24H27NO5. The predicted molar refractivity (Wildman–Crippen MR) is 112 cm³/mol. The van der Waals surface area contributed by atoms with Crippen LogP contribution in [0.1, 0.15) is 35.3 Å². The Morgan fingerprint density at radius 1 is 0.967 bits per heavy atom. The van der Waals surface area contributed by atoms with Crippen LogP contribution in [0.25, 0.3) is 0 Å². The summed E-state index contributed by atoms with van der Waals surface area (Å²) < 4.78 is 16.6. The van der Waals surface area contributed by atoms with E-state index in [1.54, 1.807) is 0 Å². The number of methoxy groups -OCH3 is 2. The number of fused-ring (bicyclic) bond motifs is 3. The van der Waals surface area contributed by atoms with E-state index in [9.17, 15) is 9.59 Å². The average Bonchev–Trinajstić information content (AvgIpc) is 3.14. The summed E-state index contributed by atoms with van der Waals surface area (Å²) in [5, 5.41) is 0. The lowest BCUT2D eigenvalue weighted by Gasteiger charge is -2.35. The molecule has 4 rings (SSSR count). The zero-order chi connectivity index (χ0) is 21.8. The summed E-state index contributed by atoms with van der Waals surface area (Å²) in [5.74, 6) is -1.51. The molecule has 0 spiro atoms. The van der Waals surface area contributed by atoms with Crippen molar-refractivity contribution in [2.24, 2.45) is 0 Å². The number of aryl methyl sites for hydroxylation is 2. The fourth-order valence-electron chi connectivity index (χ4n) is 5.29. The lowest BCUT2D eigenvalue weighted by atomic mass is 9.69. The maximum atomic E-state index is 13.1. The molecule has 0 aromatic heterocycles. The third-order valence-electron chi connectivity index (χ3n) is 6.66. The van der Waals surface area contributed by atoms with Gasteiger partial charge in [-0.15, -0.1) is 0 Å². The van der Waals surface area contributed by atoms with Crippen molar-refractivity contribution in [3.8, 4) is 0 Å². The Morgan fingerprint density at radius 3 is 2.10 bits per heavy atom. The lowest BCUT2D eigenvalue weighted by molar-refractivity contribution is -0.187. The molecule has 1 saturated heterocycles. The number of anilines is 1. The summed E-state index contributed by atoms with van der Waals surface area (Å²) in [7, 11) is 4.41. The van der Waals surface area contributed by atoms with Crippen LogP contribution in [0.2, 0.25) is 0 Å². The SMILES string of the molecule is COC(=O)C1(C(=O)OC)OC(c2ccc(C)cc2)C2(C)c3ccc(C)cc3N(C)C12. The van der Waals surface area contributed by atoms with Crippen molar-refractivity contribution in [1.29, 1.82) is 0 Å². The van der Waals surface area contributed by atoms with Crippen LogP contribution in [-0.2, 0) is 29.2 Å². The van der Waals surface area contributed by atoms with Crippen LogP contribution in [0.4, 0.5) is 5.69 Å². The number of nitrogens with zero attached hydrogens (tertiary/aromatic N) is 1. The highest BCUT2D eigenvalue weighted by Crippen LogP contribution is 2.62. The topological polar surface area (TPSA) is 65.1 Å². The molecule has 3 unspecified atom stereocenters. The smallest absolute Gasteiger partial charge is 0.352 e. The normalized spacial score (nSPS) is 26.1. The van der Waals surface area contributed by atoms with Crippen LogP contribution in [0, 0.1) is 13.8 Å². The molecule has 0 aliphatic carbocycles. The third-order valence-corrected chi connectivity index (χ3v) is 6.66. The summed E-state index contributed by atoms with van der Waals surface area (Å²) in [6.45, 7) is 6.08. The minimum atomic E-state index is -1.91. The Labute approximate surface area is 176 Å². The first-order valence-electron chi connectivity index (χ1n) is 9.97. The van der Waals surface area contributed by atoms with Gasteiger partial charge in [0.2, 0.25) is 0 Å². The van der Waals surface area contributed by atoms with Gasteiger partial charge in [-0.1, -0.05) is 48.9 Å². The molecule has 2 aromatic carbocycles. The van der Waals surface area contributed by atoms with E-state index in [2.05, 4.69) is 12.1 Å². The van der Waals surface area contributed by atoms with Gasteiger partial charge >= 0.3 is 11.9 Å². The van der Waals surface area contributed by atoms with Crippen molar-refractivity contribution in [3.63, 3.8) is 0 Å². The van der Waals surface area contributed by atoms with Crippen LogP contribution in [-0.4, -0.2) is 44.8 Å². The Hall–Kier alpha value is -2.86. The fourth-order valence-corrected chi connectivity index (χ4v) is 5.29. The molecule has 0 radical (unpaired) electrons. The van der Waals surface area contributed by atoms with Gasteiger partial charge < -0.3 is 19.1 Å². The number of carbonyl (C=O) groups is 2. The molecule has 30 heavy (non-hydrogen) atoms. The van der Waals surface area contributed by atoms with Crippen LogP contribution in [0.3, 0.4) is 0 Å². The quantitative estimate of drug-likeness (QED) is 0.573. The summed E-state index contributed by atoms with van der Waals surface area (Å²) in [6, 6.07) is 13.5. The molecular weight excluding hydrogens is 382 g/mol. The van der Waals surface area contributed by atoms with E-state index < -0.39 is 35.1 Å². The number of hydrogen-bond donors (Lipinski definition) is 0. The number of benzene rings is 2. The van der Waals surface area contributed by atoms with E-state index in [0.29, 0.717) is 0 Å². The van der Waals surface area contributed by atoms with Crippen molar-refractivity contribution < 1.29 is 23.8 Å². The van der Waals surface area contributed by atoms with Crippen molar-refractivity contribution in [3.05, 3.63) is 64.7 Å². The van der Waals surface area contributed by atoms with E-state index in [4.69, 9.17) is 14.2 Å². The van der Waals surface area contributed by atoms with Gasteiger partial charge in [-0.2, -0.15) is 0 Å². The number of hydrogen-bond acceptors (Lipinski definition) is 6. The Balaban J connectivity index is 2.02. The number of likely N-dealkylation sites (N-methyl/N-ethyl adjacent to an activating group) is 1. The van der Waals surface area contributed by atoms with Gasteiger partial charge in [-0.3, -0.25) is 0 Å². The third kappa shape index (κ3) is 2.46. The molecule has 2 aliphatic rings. The highest BCUT2D eigenvalue weighted by molar-refractivity contribution is 6.07. The van der Waals surface area contributed by atoms with Crippen LogP contribution in [0.5, 0.6) is 0 Å². The van der Waals surface area contributed by atoms with Crippen LogP contribution < -0.4 is 4.90 Å². The highest BCUT2D eigenvalue weighted by Gasteiger charge is 2.75. The fraction of sp³-hybridized carbons (Fsp3) is 0.417. The van der Waals surface area contributed by atoms with Crippen molar-refractivity contribution in [1.82, 2.24) is 0 Å². The standard InChI is InChI=1S/C24H27NO5/c1-14-7-10-16(11-8-14)19-23(3)17-12-9-15(2)13-18(17)25(4)20(23)24(30-19,21(26)28-5)22(27)29-6/h7-13,19-20H,1-6H3. The van der Waals surface area contributed by atoms with Gasteiger partial charge in [0.25, 0.3) is 5.60 Å². The van der Waals surface area contributed by atoms with Gasteiger partial charge in [0.1, 0.15) is 0 Å². The van der Waals surface area contributed by atoms with Gasteiger partial charge in [0.05, 0.1) is 26.4 Å². The first kappa shape index (κ1) is 20.4. The molecule has 3 atom stereocenters. The Morgan fingerprint density at radius 2 is 1.53 bits per heavy atom. The molecule has 2 heterocycles. The molecule has 6 heteroatoms. The van der Waals surface area contributed by atoms with Gasteiger partial charge in [0, 0.05) is 18.2 Å². The molecule has 158 valence electrons. The van der Waals surface area contributed by atoms with E-state index in [1.165, 1.54) is 14.2 Å². The molecule has 2 aliphatic heterocycles. The van der Waals surface area contributed by atoms with E-state index in [1.807, 2.05) is 63.1 Å². The van der Waals surface area contributed by atoms with Crippen LogP contribution >= 0.6 is 0 Å². The Kier molecular flexibility index (Phi) is 4.66. The summed E-state index contributed by atoms with van der Waals surface area (Å²) in [5.41, 5.74) is 2.51. The molecule has 0 amide bonds. The largest absolute Gasteiger partial charge is 0.466 e. The molecule has 2 aromatic rings. The molecule has 1 fully saturated rings. The van der Waals surface area contributed by atoms with Crippen LogP contribution in [0.15, 0.2) is 42.5 Å². The average molecular weight is 409 g/mol. The predicted octanol–water partition coefficient (Wildman–Crippen LogP) is 3.24. The summed E-state index contributed by atoms with van der Waals surface area (Å²) >= 11 is 0. The number of carbonyl (C=O) groups excluding carboxylic acids is 2. The number of esters is 2. The second-order valence-corrected chi connectivity index (χ2v) is 8.44. The highest BCUT2D eigenvalue weighted by atomic mass is 16.6. The zero-order valence-electron chi connectivity index (χ0n) is 18.2. The number of ether oxygens (including phenoxy) is 3. The van der Waals surface area contributed by atoms with Gasteiger partial charge in [-0.25, -0.2) is 9.59 Å². The molecule has 0 saturated carbocycles. The summed E-state index contributed by atoms with van der Waals surface area (Å²) in [6.07, 6.45) is -0.548. The second kappa shape index (κ2) is 6.84. The minimum Gasteiger partial charge on any atom is -0.466 e. The molecule has 6 nitrogen and oxygen atoms in total. The van der Waals surface area contributed by atoms with Crippen molar-refractivity contribution in [2.45, 2.75) is 43.9 Å². The van der Waals surface area contributed by atoms with Crippen molar-refractivity contribution >= 4 is 17.6 Å². The molecule has 0 bridgehead atoms. The maximum Gasteiger partial charge on any atom is 0.352 e. The minimum absolute atomic E-state index is 0.548. The first-order valence-corrected chi connectivity index (χ1v) is 9.97. The molecule has 0 N–H and O–H groups in total. The lowest BCUT2D eigenvalue weighted by Crippen LogP contribution is -2.62. The van der Waals surface area contributed by atoms with E-state index in [-0.39, 0.29) is 0 Å². The van der Waals surface area contributed by atoms with E-state index >= 15 is 0 Å². The van der Waals surface area contributed by atoms with E-state index in [0.717, 1.165) is 27.9 Å². The number of rotatable bonds is 3. The maximum absolute atomic E-state index is 13.1.